The summed E-state index contributed by atoms with van der Waals surface area (Å²) in [5.41, 5.74) is 13.1. The average molecular weight is 506 g/mol. The van der Waals surface area contributed by atoms with E-state index >= 15 is 0 Å². The zero-order valence-corrected chi connectivity index (χ0v) is 21.3. The summed E-state index contributed by atoms with van der Waals surface area (Å²) in [6, 6.07) is 18.6. The molecule has 0 saturated heterocycles. The zero-order chi connectivity index (χ0) is 24.7. The van der Waals surface area contributed by atoms with Crippen LogP contribution in [-0.4, -0.2) is 27.4 Å². The van der Waals surface area contributed by atoms with Gasteiger partial charge in [0.1, 0.15) is 0 Å². The molecule has 0 aliphatic carbocycles. The summed E-state index contributed by atoms with van der Waals surface area (Å²) < 4.78 is 2.21. The first kappa shape index (κ1) is 23.6. The number of carboxylic acid groups (broad SMARTS) is 1. The molecule has 0 bridgehead atoms. The second kappa shape index (κ2) is 9.51. The number of nitrogens with one attached hydrogen (secondary N) is 1. The Balaban J connectivity index is 1.57. The maximum absolute atomic E-state index is 11.6. The molecule has 0 radical (unpaired) electrons. The molecule has 35 heavy (non-hydrogen) atoms. The Labute approximate surface area is 214 Å². The summed E-state index contributed by atoms with van der Waals surface area (Å²) >= 11 is 8.14. The Hall–Kier alpha value is -3.09. The van der Waals surface area contributed by atoms with Gasteiger partial charge in [-0.3, -0.25) is 4.79 Å². The molecule has 180 valence electrons. The largest absolute Gasteiger partial charge is 0.481 e. The van der Waals surface area contributed by atoms with E-state index in [0.29, 0.717) is 17.6 Å². The van der Waals surface area contributed by atoms with Crippen molar-refractivity contribution in [3.05, 3.63) is 76.9 Å². The van der Waals surface area contributed by atoms with Crippen LogP contribution in [0, 0.1) is 0 Å². The number of rotatable bonds is 7. The predicted molar refractivity (Wildman–Crippen MR) is 147 cm³/mol. The number of aromatic nitrogens is 1. The van der Waals surface area contributed by atoms with Gasteiger partial charge in [0.05, 0.1) is 6.42 Å². The predicted octanol–water partition coefficient (Wildman–Crippen LogP) is 6.88. The standard InChI is InChI=1S/C28H28ClN3O2S/c1-16(2)31-23-8-18(7-22(30)12-23)17-3-5-24-19(10-28(33)34)13-32(26(24)9-17)14-20-15-35-27-6-4-21(29)11-25(20)27/h3-9,11-13,16,20,31H,10,14-15,30H2,1-2H3,(H,33,34). The van der Waals surface area contributed by atoms with E-state index < -0.39 is 5.97 Å². The molecular formula is C28H28ClN3O2S. The minimum atomic E-state index is -0.832. The molecule has 1 aliphatic rings. The molecule has 0 spiro atoms. The third kappa shape index (κ3) is 5.00. The highest BCUT2D eigenvalue weighted by Gasteiger charge is 2.25. The van der Waals surface area contributed by atoms with Gasteiger partial charge >= 0.3 is 5.97 Å². The lowest BCUT2D eigenvalue weighted by Gasteiger charge is -2.15. The number of halogens is 1. The second-order valence-corrected chi connectivity index (χ2v) is 10.9. The average Bonchev–Trinajstić information content (AvgIpc) is 3.33. The number of nitrogen functional groups attached to an aromatic ring is 1. The van der Waals surface area contributed by atoms with Crippen LogP contribution in [-0.2, 0) is 17.8 Å². The van der Waals surface area contributed by atoms with Crippen LogP contribution in [0.25, 0.3) is 22.0 Å². The number of aliphatic carboxylic acids is 1. The fraction of sp³-hybridized carbons (Fsp3) is 0.250. The highest BCUT2D eigenvalue weighted by Crippen LogP contribution is 2.42. The number of nitrogens with two attached hydrogens (primary N) is 1. The van der Waals surface area contributed by atoms with Crippen LogP contribution in [0.15, 0.2) is 65.7 Å². The smallest absolute Gasteiger partial charge is 0.307 e. The van der Waals surface area contributed by atoms with E-state index in [2.05, 4.69) is 48.0 Å². The summed E-state index contributed by atoms with van der Waals surface area (Å²) in [4.78, 5) is 12.8. The Bertz CT molecular complexity index is 1430. The summed E-state index contributed by atoms with van der Waals surface area (Å²) in [6.45, 7) is 4.95. The van der Waals surface area contributed by atoms with E-state index in [1.54, 1.807) is 0 Å². The maximum Gasteiger partial charge on any atom is 0.307 e. The van der Waals surface area contributed by atoms with E-state index in [1.165, 1.54) is 10.5 Å². The normalized spacial score (nSPS) is 15.0. The van der Waals surface area contributed by atoms with Gasteiger partial charge in [-0.25, -0.2) is 0 Å². The van der Waals surface area contributed by atoms with Crippen LogP contribution >= 0.6 is 23.4 Å². The number of thioether (sulfide) groups is 1. The lowest BCUT2D eigenvalue weighted by Crippen LogP contribution is -2.09. The number of fused-ring (bicyclic) bond motifs is 2. The Kier molecular flexibility index (Phi) is 6.43. The van der Waals surface area contributed by atoms with Crippen LogP contribution in [0.5, 0.6) is 0 Å². The first-order valence-electron chi connectivity index (χ1n) is 11.7. The van der Waals surface area contributed by atoms with Gasteiger partial charge < -0.3 is 20.7 Å². The van der Waals surface area contributed by atoms with Crippen LogP contribution in [0.2, 0.25) is 5.02 Å². The third-order valence-electron chi connectivity index (χ3n) is 6.32. The van der Waals surface area contributed by atoms with Crippen molar-refractivity contribution in [2.45, 2.75) is 43.7 Å². The van der Waals surface area contributed by atoms with Crippen LogP contribution in [0.3, 0.4) is 0 Å². The van der Waals surface area contributed by atoms with Gasteiger partial charge in [-0.2, -0.15) is 0 Å². The highest BCUT2D eigenvalue weighted by molar-refractivity contribution is 7.99. The molecule has 5 rings (SSSR count). The van der Waals surface area contributed by atoms with Gasteiger partial charge in [0.25, 0.3) is 0 Å². The van der Waals surface area contributed by atoms with Crippen molar-refractivity contribution in [2.75, 3.05) is 16.8 Å². The molecule has 3 aromatic carbocycles. The van der Waals surface area contributed by atoms with E-state index in [1.807, 2.05) is 48.3 Å². The SMILES string of the molecule is CC(C)Nc1cc(N)cc(-c2ccc3c(CC(=O)O)cn(CC4CSc5ccc(Cl)cc54)c3c2)c1. The fourth-order valence-electron chi connectivity index (χ4n) is 4.88. The third-order valence-corrected chi connectivity index (χ3v) is 7.81. The van der Waals surface area contributed by atoms with Gasteiger partial charge in [0, 0.05) is 62.7 Å². The van der Waals surface area contributed by atoms with E-state index in [4.69, 9.17) is 17.3 Å². The van der Waals surface area contributed by atoms with Gasteiger partial charge in [-0.15, -0.1) is 11.8 Å². The summed E-state index contributed by atoms with van der Waals surface area (Å²) in [5, 5.41) is 14.6. The highest BCUT2D eigenvalue weighted by atomic mass is 35.5. The summed E-state index contributed by atoms with van der Waals surface area (Å²) in [5.74, 6) is 0.449. The molecule has 0 amide bonds. The topological polar surface area (TPSA) is 80.3 Å². The van der Waals surface area contributed by atoms with Crippen LogP contribution in [0.4, 0.5) is 11.4 Å². The zero-order valence-electron chi connectivity index (χ0n) is 19.7. The molecule has 5 nitrogen and oxygen atoms in total. The van der Waals surface area contributed by atoms with Crippen molar-refractivity contribution in [2.24, 2.45) is 0 Å². The summed E-state index contributed by atoms with van der Waals surface area (Å²) in [6.07, 6.45) is 1.99. The second-order valence-electron chi connectivity index (χ2n) is 9.44. The molecule has 1 aliphatic heterocycles. The number of nitrogens with zero attached hydrogens (tertiary/aromatic N) is 1. The molecule has 0 fully saturated rings. The van der Waals surface area contributed by atoms with E-state index in [9.17, 15) is 9.90 Å². The number of carboxylic acids is 1. The molecule has 7 heteroatoms. The van der Waals surface area contributed by atoms with Crippen LogP contribution < -0.4 is 11.1 Å². The Morgan fingerprint density at radius 3 is 2.77 bits per heavy atom. The molecule has 1 unspecified atom stereocenters. The Morgan fingerprint density at radius 2 is 2.00 bits per heavy atom. The van der Waals surface area contributed by atoms with Gasteiger partial charge in [-0.05, 0) is 78.6 Å². The molecule has 2 heterocycles. The lowest BCUT2D eigenvalue weighted by molar-refractivity contribution is -0.136. The van der Waals surface area contributed by atoms with Crippen molar-refractivity contribution in [1.82, 2.24) is 4.57 Å². The van der Waals surface area contributed by atoms with Gasteiger partial charge in [0.15, 0.2) is 0 Å². The lowest BCUT2D eigenvalue weighted by atomic mass is 10.0. The quantitative estimate of drug-likeness (QED) is 0.238. The summed E-state index contributed by atoms with van der Waals surface area (Å²) in [7, 11) is 0. The minimum Gasteiger partial charge on any atom is -0.481 e. The van der Waals surface area contributed by atoms with Crippen molar-refractivity contribution in [3.8, 4) is 11.1 Å². The van der Waals surface area contributed by atoms with Crippen molar-refractivity contribution >= 4 is 51.6 Å². The molecule has 1 atom stereocenters. The number of hydrogen-bond acceptors (Lipinski definition) is 4. The van der Waals surface area contributed by atoms with Crippen molar-refractivity contribution < 1.29 is 9.90 Å². The number of hydrogen-bond donors (Lipinski definition) is 3. The van der Waals surface area contributed by atoms with Crippen molar-refractivity contribution in [3.63, 3.8) is 0 Å². The molecule has 0 saturated carbocycles. The molecule has 4 aromatic rings. The fourth-order valence-corrected chi connectivity index (χ4v) is 6.28. The van der Waals surface area contributed by atoms with Crippen molar-refractivity contribution in [1.29, 1.82) is 0 Å². The Morgan fingerprint density at radius 1 is 1.17 bits per heavy atom. The first-order valence-corrected chi connectivity index (χ1v) is 13.1. The van der Waals surface area contributed by atoms with Gasteiger partial charge in [-0.1, -0.05) is 23.7 Å². The van der Waals surface area contributed by atoms with Crippen LogP contribution in [0.1, 0.15) is 30.9 Å². The molecule has 1 aromatic heterocycles. The molecular weight excluding hydrogens is 478 g/mol. The number of carbonyl (C=O) groups is 1. The van der Waals surface area contributed by atoms with E-state index in [0.717, 1.165) is 50.6 Å². The minimum absolute atomic E-state index is 0.00851. The maximum atomic E-state index is 11.6. The molecule has 4 N–H and O–H groups in total. The first-order chi connectivity index (χ1) is 16.8. The number of anilines is 2. The van der Waals surface area contributed by atoms with Gasteiger partial charge in [0.2, 0.25) is 0 Å². The monoisotopic (exact) mass is 505 g/mol. The number of benzene rings is 3. The van der Waals surface area contributed by atoms with E-state index in [-0.39, 0.29) is 6.42 Å².